The molecule has 0 aromatic rings. The van der Waals surface area contributed by atoms with Crippen molar-refractivity contribution in [2.45, 2.75) is 380 Å². The van der Waals surface area contributed by atoms with Crippen molar-refractivity contribution in [3.8, 4) is 0 Å². The maximum atomic E-state index is 13.6. The molecule has 3 unspecified atom stereocenters. The molecule has 0 heterocycles. The van der Waals surface area contributed by atoms with E-state index in [1.54, 1.807) is 0 Å². The fourth-order valence-electron chi connectivity index (χ4n) is 11.3. The summed E-state index contributed by atoms with van der Waals surface area (Å²) in [4.78, 5) is 40.2. The molecule has 10 heteroatoms. The zero-order valence-corrected chi connectivity index (χ0v) is 60.5. The number of carbonyl (C=O) groups is 2. The van der Waals surface area contributed by atoms with E-state index in [9.17, 15) is 19.0 Å². The molecule has 0 aliphatic heterocycles. The number of nitrogens with zero attached hydrogens (tertiary/aromatic N) is 1. The third-order valence-corrected chi connectivity index (χ3v) is 18.1. The van der Waals surface area contributed by atoms with Crippen LogP contribution in [0.2, 0.25) is 0 Å². The number of carbonyl (C=O) groups excluding carboxylic acids is 2. The van der Waals surface area contributed by atoms with Crippen LogP contribution in [0.1, 0.15) is 367 Å². The Labute approximate surface area is 553 Å². The molecule has 89 heavy (non-hydrogen) atoms. The molecule has 0 fully saturated rings. The average molecular weight is 1270 g/mol. The van der Waals surface area contributed by atoms with Gasteiger partial charge in [0.1, 0.15) is 19.3 Å². The largest absolute Gasteiger partial charge is 0.756 e. The Hall–Kier alpha value is -2.55. The van der Waals surface area contributed by atoms with Crippen molar-refractivity contribution in [3.63, 3.8) is 0 Å². The van der Waals surface area contributed by atoms with Gasteiger partial charge in [0, 0.05) is 12.8 Å². The van der Waals surface area contributed by atoms with Crippen LogP contribution in [0.25, 0.3) is 0 Å². The monoisotopic (exact) mass is 1270 g/mol. The molecule has 0 bridgehead atoms. The minimum Gasteiger partial charge on any atom is -0.756 e. The number of amides is 1. The summed E-state index contributed by atoms with van der Waals surface area (Å²) in [6.45, 7) is 6.77. The van der Waals surface area contributed by atoms with Gasteiger partial charge < -0.3 is 28.5 Å². The molecule has 0 radical (unpaired) electrons. The van der Waals surface area contributed by atoms with Crippen LogP contribution < -0.4 is 10.2 Å². The molecule has 1 N–H and O–H groups in total. The molecule has 0 rings (SSSR count). The number of hydrogen-bond donors (Lipinski definition) is 1. The highest BCUT2D eigenvalue weighted by Crippen LogP contribution is 2.38. The van der Waals surface area contributed by atoms with Crippen LogP contribution in [0.15, 0.2) is 72.9 Å². The molecule has 0 saturated carbocycles. The van der Waals surface area contributed by atoms with Crippen LogP contribution in [0.4, 0.5) is 0 Å². The predicted octanol–water partition coefficient (Wildman–Crippen LogP) is 24.1. The first kappa shape index (κ1) is 86.5. The smallest absolute Gasteiger partial charge is 0.306 e. The van der Waals surface area contributed by atoms with Gasteiger partial charge in [-0.2, -0.15) is 0 Å². The lowest BCUT2D eigenvalue weighted by Gasteiger charge is -2.30. The maximum absolute atomic E-state index is 13.6. The number of quaternary nitrogens is 1. The van der Waals surface area contributed by atoms with Crippen LogP contribution >= 0.6 is 7.82 Å². The van der Waals surface area contributed by atoms with Crippen molar-refractivity contribution in [2.75, 3.05) is 40.9 Å². The SMILES string of the molecule is CC/C=C\C/C=C\C/C=C\C/C=C\C/C=C\CCCCCCCCCCCC(=O)OC(/C=C/CCCCCCCCCCC)C(COP(=O)([O-])OCC[N+](C)(C)C)NC(=O)CCCCCCCCCCCCCCCCCCCCCCCCCCCCC. The summed E-state index contributed by atoms with van der Waals surface area (Å²) < 4.78 is 30.5. The summed E-state index contributed by atoms with van der Waals surface area (Å²) in [7, 11) is 1.19. The van der Waals surface area contributed by atoms with Crippen LogP contribution in [-0.4, -0.2) is 69.4 Å². The van der Waals surface area contributed by atoms with Crippen LogP contribution in [0.3, 0.4) is 0 Å². The molecule has 0 aromatic carbocycles. The second kappa shape index (κ2) is 68.3. The summed E-state index contributed by atoms with van der Waals surface area (Å²) in [6.07, 6.45) is 90.5. The lowest BCUT2D eigenvalue weighted by molar-refractivity contribution is -0.870. The van der Waals surface area contributed by atoms with Crippen molar-refractivity contribution >= 4 is 19.7 Å². The molecule has 1 amide bonds. The number of nitrogens with one attached hydrogen (secondary N) is 1. The van der Waals surface area contributed by atoms with E-state index < -0.39 is 20.0 Å². The van der Waals surface area contributed by atoms with Crippen molar-refractivity contribution < 1.29 is 37.3 Å². The zero-order valence-electron chi connectivity index (χ0n) is 59.6. The molecule has 3 atom stereocenters. The minimum atomic E-state index is -4.71. The molecule has 0 saturated heterocycles. The number of phosphoric acid groups is 1. The third kappa shape index (κ3) is 69.6. The second-order valence-electron chi connectivity index (χ2n) is 27.1. The molecular weight excluding hydrogens is 1120 g/mol. The van der Waals surface area contributed by atoms with Crippen molar-refractivity contribution in [1.82, 2.24) is 5.32 Å². The highest BCUT2D eigenvalue weighted by atomic mass is 31.2. The second-order valence-corrected chi connectivity index (χ2v) is 28.5. The summed E-state index contributed by atoms with van der Waals surface area (Å²) in [5.74, 6) is -0.534. The molecule has 0 aliphatic rings. The Balaban J connectivity index is 4.92. The van der Waals surface area contributed by atoms with E-state index in [1.807, 2.05) is 33.3 Å². The maximum Gasteiger partial charge on any atom is 0.306 e. The molecule has 0 aromatic heterocycles. The summed E-state index contributed by atoms with van der Waals surface area (Å²) in [5, 5.41) is 3.05. The topological polar surface area (TPSA) is 114 Å². The quantitative estimate of drug-likeness (QED) is 0.0212. The number of hydrogen-bond acceptors (Lipinski definition) is 7. The number of esters is 1. The Bertz CT molecular complexity index is 1750. The van der Waals surface area contributed by atoms with E-state index in [4.69, 9.17) is 13.8 Å². The Morgan fingerprint density at radius 1 is 0.404 bits per heavy atom. The van der Waals surface area contributed by atoms with Gasteiger partial charge in [0.25, 0.3) is 7.82 Å². The minimum absolute atomic E-state index is 0.0234. The molecule has 9 nitrogen and oxygen atoms in total. The molecule has 520 valence electrons. The van der Waals surface area contributed by atoms with Gasteiger partial charge in [0.2, 0.25) is 5.91 Å². The molecule has 0 spiro atoms. The number of rotatable bonds is 70. The van der Waals surface area contributed by atoms with Crippen molar-refractivity contribution in [3.05, 3.63) is 72.9 Å². The average Bonchev–Trinajstić information content (AvgIpc) is 3.64. The van der Waals surface area contributed by atoms with Gasteiger partial charge in [-0.3, -0.25) is 14.2 Å². The van der Waals surface area contributed by atoms with Gasteiger partial charge in [-0.05, 0) is 76.7 Å². The van der Waals surface area contributed by atoms with Gasteiger partial charge in [0.05, 0.1) is 33.8 Å². The third-order valence-electron chi connectivity index (χ3n) is 17.2. The van der Waals surface area contributed by atoms with Crippen LogP contribution in [0.5, 0.6) is 0 Å². The van der Waals surface area contributed by atoms with E-state index >= 15 is 0 Å². The van der Waals surface area contributed by atoms with Gasteiger partial charge in [0.15, 0.2) is 0 Å². The lowest BCUT2D eigenvalue weighted by atomic mass is 10.0. The van der Waals surface area contributed by atoms with Crippen LogP contribution in [0, 0.1) is 0 Å². The van der Waals surface area contributed by atoms with Crippen LogP contribution in [-0.2, 0) is 27.9 Å². The Morgan fingerprint density at radius 2 is 0.719 bits per heavy atom. The number of ether oxygens (including phenoxy) is 1. The first-order valence-corrected chi connectivity index (χ1v) is 39.7. The van der Waals surface area contributed by atoms with Gasteiger partial charge >= 0.3 is 5.97 Å². The number of unbranched alkanes of at least 4 members (excludes halogenated alkanes) is 44. The summed E-state index contributed by atoms with van der Waals surface area (Å²) in [5.41, 5.74) is 0. The van der Waals surface area contributed by atoms with E-state index in [0.29, 0.717) is 17.4 Å². The van der Waals surface area contributed by atoms with Crippen molar-refractivity contribution in [1.29, 1.82) is 0 Å². The van der Waals surface area contributed by atoms with E-state index in [2.05, 4.69) is 86.8 Å². The predicted molar refractivity (Wildman–Crippen MR) is 385 cm³/mol. The normalized spacial score (nSPS) is 13.8. The fraction of sp³-hybridized carbons (Fsp3) is 0.823. The standard InChI is InChI=1S/C79H147N2O7P/c1-7-10-13-16-19-22-25-27-29-31-33-35-37-39-40-42-43-45-47-49-51-53-56-59-62-65-68-71-78(82)80-76(75-87-89(84,85)86-74-73-81(4,5)6)77(70-67-64-61-58-55-24-21-18-15-12-9-3)88-79(83)72-69-66-63-60-57-54-52-50-48-46-44-41-38-36-34-32-30-28-26-23-20-17-14-11-8-2/h11,14,20,23,28,30,34,36,41,44,67,70,76-77H,7-10,12-13,15-19,21-22,24-27,29,31-33,35,37-40,42-43,45-66,68-69,71-75H2,1-6H3,(H-,80,82,84,85)/b14-11-,23-20-,30-28-,36-34-,44-41-,70-67+. The van der Waals surface area contributed by atoms with E-state index in [0.717, 1.165) is 103 Å². The highest BCUT2D eigenvalue weighted by Gasteiger charge is 2.27. The van der Waals surface area contributed by atoms with Crippen molar-refractivity contribution in [2.24, 2.45) is 0 Å². The molecular formula is C79H147N2O7P. The zero-order chi connectivity index (χ0) is 64.9. The number of phosphoric ester groups is 1. The Morgan fingerprint density at radius 3 is 1.08 bits per heavy atom. The van der Waals surface area contributed by atoms with Gasteiger partial charge in [-0.1, -0.05) is 351 Å². The first-order valence-electron chi connectivity index (χ1n) is 38.2. The Kier molecular flexibility index (Phi) is 66.4. The lowest BCUT2D eigenvalue weighted by Crippen LogP contribution is -2.47. The molecule has 0 aliphatic carbocycles. The summed E-state index contributed by atoms with van der Waals surface area (Å²) >= 11 is 0. The van der Waals surface area contributed by atoms with E-state index in [1.165, 1.54) is 231 Å². The summed E-state index contributed by atoms with van der Waals surface area (Å²) in [6, 6.07) is -0.892. The number of likely N-dealkylation sites (N-methyl/N-ethyl adjacent to an activating group) is 1. The fourth-order valence-corrected chi connectivity index (χ4v) is 12.0. The van der Waals surface area contributed by atoms with Gasteiger partial charge in [-0.15, -0.1) is 0 Å². The highest BCUT2D eigenvalue weighted by molar-refractivity contribution is 7.45. The first-order chi connectivity index (χ1) is 43.4. The number of allylic oxidation sites excluding steroid dienone is 11. The van der Waals surface area contributed by atoms with Gasteiger partial charge in [-0.25, -0.2) is 0 Å². The van der Waals surface area contributed by atoms with E-state index in [-0.39, 0.29) is 31.5 Å².